The van der Waals surface area contributed by atoms with Crippen molar-refractivity contribution in [2.45, 2.75) is 18.9 Å². The number of hydrogen-bond acceptors (Lipinski definition) is 7. The molecule has 9 heteroatoms. The van der Waals surface area contributed by atoms with E-state index in [1.165, 1.54) is 0 Å². The molecule has 0 spiro atoms. The maximum absolute atomic E-state index is 6.89. The predicted molar refractivity (Wildman–Crippen MR) is 249 cm³/mol. The lowest BCUT2D eigenvalue weighted by atomic mass is 9.95. The molecule has 1 heterocycles. The van der Waals surface area contributed by atoms with Crippen LogP contribution in [0.5, 0.6) is 40.2 Å². The first kappa shape index (κ1) is 38.1. The van der Waals surface area contributed by atoms with Gasteiger partial charge in [0, 0.05) is 33.7 Å². The molecule has 0 amide bonds. The van der Waals surface area contributed by atoms with Gasteiger partial charge in [-0.3, -0.25) is 4.52 Å². The SMILES string of the molecule is C1=Cc2ccccc2C(OP(Oc2cccc3c2Oc2c(cccc2OP(Oc2cccc4ccccc24)Oc2cccc4ccccc24)C3)Oc2cccc3ccccc23)C1. The van der Waals surface area contributed by atoms with Crippen LogP contribution in [0.4, 0.5) is 0 Å². The van der Waals surface area contributed by atoms with Gasteiger partial charge in [0.15, 0.2) is 23.0 Å². The smallest absolute Gasteiger partial charge is 0.449 e. The highest BCUT2D eigenvalue weighted by molar-refractivity contribution is 7.43. The number of benzene rings is 9. The quantitative estimate of drug-likeness (QED) is 0.113. The zero-order chi connectivity index (χ0) is 41.2. The third kappa shape index (κ3) is 7.67. The molecule has 9 aromatic carbocycles. The molecule has 0 fully saturated rings. The summed E-state index contributed by atoms with van der Waals surface area (Å²) in [4.78, 5) is 0. The third-order valence-corrected chi connectivity index (χ3v) is 13.2. The molecule has 2 aliphatic rings. The van der Waals surface area contributed by atoms with Gasteiger partial charge in [-0.05, 0) is 64.0 Å². The number of rotatable bonds is 12. The van der Waals surface area contributed by atoms with Crippen molar-refractivity contribution in [3.05, 3.63) is 216 Å². The molecule has 1 aliphatic carbocycles. The maximum Gasteiger partial charge on any atom is 0.530 e. The monoisotopic (exact) mass is 848 g/mol. The van der Waals surface area contributed by atoms with Gasteiger partial charge in [0.05, 0.1) is 6.10 Å². The maximum atomic E-state index is 6.89. The molecule has 2 atom stereocenters. The Hall–Kier alpha value is -6.88. The van der Waals surface area contributed by atoms with Crippen molar-refractivity contribution < 1.29 is 31.9 Å². The summed E-state index contributed by atoms with van der Waals surface area (Å²) in [5, 5.41) is 6.02. The Morgan fingerprint density at radius 2 is 0.823 bits per heavy atom. The first-order chi connectivity index (χ1) is 30.7. The highest BCUT2D eigenvalue weighted by Gasteiger charge is 2.32. The van der Waals surface area contributed by atoms with Gasteiger partial charge in [-0.15, -0.1) is 0 Å². The summed E-state index contributed by atoms with van der Waals surface area (Å²) in [6.07, 6.45) is 5.25. The molecule has 7 nitrogen and oxygen atoms in total. The third-order valence-electron chi connectivity index (χ3n) is 11.0. The van der Waals surface area contributed by atoms with Crippen LogP contribution in [0.25, 0.3) is 38.4 Å². The molecule has 1 aliphatic heterocycles. The van der Waals surface area contributed by atoms with Crippen molar-refractivity contribution >= 4 is 55.6 Å². The molecule has 0 bridgehead atoms. The van der Waals surface area contributed by atoms with E-state index in [1.54, 1.807) is 0 Å². The number of ether oxygens (including phenoxy) is 1. The minimum Gasteiger partial charge on any atom is -0.449 e. The summed E-state index contributed by atoms with van der Waals surface area (Å²) in [5.74, 6) is 4.06. The normalized spacial score (nSPS) is 14.4. The summed E-state index contributed by atoms with van der Waals surface area (Å²) < 4.78 is 47.6. The van der Waals surface area contributed by atoms with Gasteiger partial charge in [-0.1, -0.05) is 170 Å². The fraction of sp³-hybridized carbons (Fsp3) is 0.0566. The Balaban J connectivity index is 0.931. The van der Waals surface area contributed by atoms with Crippen molar-refractivity contribution in [3.8, 4) is 40.2 Å². The van der Waals surface area contributed by atoms with E-state index < -0.39 is 17.2 Å². The second kappa shape index (κ2) is 16.9. The Morgan fingerprint density at radius 3 is 1.39 bits per heavy atom. The van der Waals surface area contributed by atoms with Gasteiger partial charge < -0.3 is 27.4 Å². The zero-order valence-corrected chi connectivity index (χ0v) is 35.1. The second-order valence-corrected chi connectivity index (χ2v) is 17.0. The summed E-state index contributed by atoms with van der Waals surface area (Å²) >= 11 is 0. The standard InChI is InChI=1S/C53H38O7P2/c1-5-25-42-36(15-1)19-9-29-46(42)55-61(56-47-30-10-20-37-16-2-6-26-43(37)47)59-50-33-13-23-40-35-41-24-14-34-51(53(41)54-52(40)50)60-62(57-48-31-11-21-38-17-3-7-27-44(38)48)58-49-32-12-22-39-18-4-8-28-45(39)49/h1-31,33-34,49H,32,35H2. The van der Waals surface area contributed by atoms with Crippen LogP contribution in [0.1, 0.15) is 34.8 Å². The lowest BCUT2D eigenvalue weighted by Gasteiger charge is -2.28. The van der Waals surface area contributed by atoms with E-state index in [0.717, 1.165) is 54.6 Å². The van der Waals surface area contributed by atoms with E-state index in [1.807, 2.05) is 133 Å². The molecule has 0 saturated carbocycles. The van der Waals surface area contributed by atoms with Gasteiger partial charge in [0.1, 0.15) is 17.2 Å². The average Bonchev–Trinajstić information content (AvgIpc) is 3.32. The van der Waals surface area contributed by atoms with Crippen molar-refractivity contribution in [1.29, 1.82) is 0 Å². The minimum absolute atomic E-state index is 0.277. The number of hydrogen-bond donors (Lipinski definition) is 0. The van der Waals surface area contributed by atoms with Crippen LogP contribution >= 0.6 is 17.2 Å². The fourth-order valence-electron chi connectivity index (χ4n) is 8.03. The number of fused-ring (bicyclic) bond motifs is 6. The van der Waals surface area contributed by atoms with Crippen LogP contribution < -0.4 is 27.4 Å². The molecule has 0 saturated heterocycles. The molecule has 9 aromatic rings. The largest absolute Gasteiger partial charge is 0.530 e. The molecule has 0 radical (unpaired) electrons. The lowest BCUT2D eigenvalue weighted by molar-refractivity contribution is 0.181. The summed E-state index contributed by atoms with van der Waals surface area (Å²) in [7, 11) is -4.07. The van der Waals surface area contributed by atoms with E-state index in [9.17, 15) is 0 Å². The Labute approximate surface area is 361 Å². The molecule has 0 aromatic heterocycles. The van der Waals surface area contributed by atoms with E-state index in [2.05, 4.69) is 66.7 Å². The van der Waals surface area contributed by atoms with E-state index in [4.69, 9.17) is 31.9 Å². The average molecular weight is 849 g/mol. The van der Waals surface area contributed by atoms with Crippen molar-refractivity contribution in [2.24, 2.45) is 0 Å². The highest BCUT2D eigenvalue weighted by Crippen LogP contribution is 2.55. The van der Waals surface area contributed by atoms with Crippen LogP contribution in [0.3, 0.4) is 0 Å². The van der Waals surface area contributed by atoms with Crippen LogP contribution in [0.15, 0.2) is 194 Å². The Kier molecular flexibility index (Phi) is 10.4. The van der Waals surface area contributed by atoms with Gasteiger partial charge in [-0.2, -0.15) is 0 Å². The van der Waals surface area contributed by atoms with Crippen molar-refractivity contribution in [3.63, 3.8) is 0 Å². The minimum atomic E-state index is -2.07. The lowest BCUT2D eigenvalue weighted by Crippen LogP contribution is -2.11. The van der Waals surface area contributed by atoms with Crippen LogP contribution in [0, 0.1) is 0 Å². The summed E-state index contributed by atoms with van der Waals surface area (Å²) in [6.45, 7) is 0. The first-order valence-corrected chi connectivity index (χ1v) is 22.7. The molecular weight excluding hydrogens is 811 g/mol. The van der Waals surface area contributed by atoms with Gasteiger partial charge in [0.2, 0.25) is 0 Å². The zero-order valence-electron chi connectivity index (χ0n) is 33.3. The van der Waals surface area contributed by atoms with Gasteiger partial charge in [0.25, 0.3) is 0 Å². The Morgan fingerprint density at radius 1 is 0.403 bits per heavy atom. The predicted octanol–water partition coefficient (Wildman–Crippen LogP) is 15.5. The van der Waals surface area contributed by atoms with Gasteiger partial charge >= 0.3 is 17.2 Å². The van der Waals surface area contributed by atoms with Crippen LogP contribution in [-0.4, -0.2) is 0 Å². The molecule has 62 heavy (non-hydrogen) atoms. The van der Waals surface area contributed by atoms with Crippen LogP contribution in [0.2, 0.25) is 0 Å². The molecule has 0 N–H and O–H groups in total. The summed E-state index contributed by atoms with van der Waals surface area (Å²) in [6, 6.07) is 62.4. The van der Waals surface area contributed by atoms with Crippen molar-refractivity contribution in [1.82, 2.24) is 0 Å². The molecular formula is C53H38O7P2. The fourth-order valence-corrected chi connectivity index (χ4v) is 10.2. The van der Waals surface area contributed by atoms with E-state index >= 15 is 0 Å². The summed E-state index contributed by atoms with van der Waals surface area (Å²) in [5.41, 5.74) is 4.11. The highest BCUT2D eigenvalue weighted by atomic mass is 31.2. The van der Waals surface area contributed by atoms with E-state index in [-0.39, 0.29) is 6.10 Å². The van der Waals surface area contributed by atoms with E-state index in [0.29, 0.717) is 53.1 Å². The topological polar surface area (TPSA) is 64.6 Å². The molecule has 2 unspecified atom stereocenters. The van der Waals surface area contributed by atoms with Crippen LogP contribution in [-0.2, 0) is 10.9 Å². The second-order valence-electron chi connectivity index (χ2n) is 15.0. The number of para-hydroxylation sites is 2. The van der Waals surface area contributed by atoms with Gasteiger partial charge in [-0.25, -0.2) is 0 Å². The van der Waals surface area contributed by atoms with Crippen molar-refractivity contribution in [2.75, 3.05) is 0 Å². The molecule has 11 rings (SSSR count). The first-order valence-electron chi connectivity index (χ1n) is 20.5. The Bertz CT molecular complexity index is 3040. The molecule has 302 valence electrons.